The Morgan fingerprint density at radius 1 is 1.29 bits per heavy atom. The zero-order chi connectivity index (χ0) is 20.5. The van der Waals surface area contributed by atoms with E-state index in [0.717, 1.165) is 17.8 Å². The third kappa shape index (κ3) is 4.25. The summed E-state index contributed by atoms with van der Waals surface area (Å²) in [5.41, 5.74) is 0.799. The Balaban J connectivity index is 1.74. The van der Waals surface area contributed by atoms with E-state index in [4.69, 9.17) is 0 Å². The van der Waals surface area contributed by atoms with Gasteiger partial charge in [-0.2, -0.15) is 9.40 Å². The number of aromatic nitrogens is 2. The number of sulfonamides is 1. The smallest absolute Gasteiger partial charge is 0.243 e. The Kier molecular flexibility index (Phi) is 5.85. The van der Waals surface area contributed by atoms with Crippen LogP contribution < -0.4 is 5.32 Å². The number of amides is 1. The largest absolute Gasteiger partial charge is 0.311 e. The van der Waals surface area contributed by atoms with Crippen LogP contribution >= 0.6 is 0 Å². The standard InChI is InChI=1S/C19H25FN4O3S/c1-13(2)24-18(11-14(3)22-24)21-19(25)15-5-4-10-23(12-15)28(26,27)17-8-6-16(20)7-9-17/h6-9,11,13,15H,4-5,10,12H2,1-3H3,(H,21,25)/t15-/m0/s1. The quantitative estimate of drug-likeness (QED) is 0.824. The number of aryl methyl sites for hydroxylation is 1. The molecule has 28 heavy (non-hydrogen) atoms. The molecule has 0 bridgehead atoms. The molecule has 1 fully saturated rings. The molecule has 0 spiro atoms. The van der Waals surface area contributed by atoms with Gasteiger partial charge in [0.25, 0.3) is 0 Å². The number of halogens is 1. The Bertz CT molecular complexity index is 954. The lowest BCUT2D eigenvalue weighted by molar-refractivity contribution is -0.120. The van der Waals surface area contributed by atoms with E-state index in [9.17, 15) is 17.6 Å². The van der Waals surface area contributed by atoms with Crippen LogP contribution in [0, 0.1) is 18.7 Å². The van der Waals surface area contributed by atoms with Crippen molar-refractivity contribution < 1.29 is 17.6 Å². The number of carbonyl (C=O) groups is 1. The third-order valence-corrected chi connectivity index (χ3v) is 6.68. The predicted octanol–water partition coefficient (Wildman–Crippen LogP) is 2.95. The second-order valence-electron chi connectivity index (χ2n) is 7.35. The van der Waals surface area contributed by atoms with Crippen LogP contribution in [-0.2, 0) is 14.8 Å². The van der Waals surface area contributed by atoms with Crippen LogP contribution in [0.5, 0.6) is 0 Å². The highest BCUT2D eigenvalue weighted by Crippen LogP contribution is 2.25. The van der Waals surface area contributed by atoms with Crippen LogP contribution in [0.25, 0.3) is 0 Å². The van der Waals surface area contributed by atoms with Gasteiger partial charge in [0.15, 0.2) is 0 Å². The molecule has 2 heterocycles. The van der Waals surface area contributed by atoms with Crippen molar-refractivity contribution in [2.45, 2.75) is 44.6 Å². The first-order chi connectivity index (χ1) is 13.2. The molecule has 3 rings (SSSR count). The monoisotopic (exact) mass is 408 g/mol. The summed E-state index contributed by atoms with van der Waals surface area (Å²) in [4.78, 5) is 12.8. The molecule has 2 aromatic rings. The number of hydrogen-bond acceptors (Lipinski definition) is 4. The zero-order valence-corrected chi connectivity index (χ0v) is 17.0. The minimum absolute atomic E-state index is 0.0310. The third-order valence-electron chi connectivity index (χ3n) is 4.80. The lowest BCUT2D eigenvalue weighted by Crippen LogP contribution is -2.43. The van der Waals surface area contributed by atoms with E-state index in [1.807, 2.05) is 20.8 Å². The van der Waals surface area contributed by atoms with Gasteiger partial charge in [0.1, 0.15) is 11.6 Å². The van der Waals surface area contributed by atoms with Gasteiger partial charge >= 0.3 is 0 Å². The molecular weight excluding hydrogens is 383 g/mol. The van der Waals surface area contributed by atoms with E-state index in [-0.39, 0.29) is 23.4 Å². The topological polar surface area (TPSA) is 84.3 Å². The molecule has 1 aliphatic rings. The molecule has 7 nitrogen and oxygen atoms in total. The molecule has 0 aliphatic carbocycles. The van der Waals surface area contributed by atoms with Crippen LogP contribution in [0.4, 0.5) is 10.2 Å². The minimum Gasteiger partial charge on any atom is -0.311 e. The van der Waals surface area contributed by atoms with Gasteiger partial charge in [-0.15, -0.1) is 0 Å². The average molecular weight is 408 g/mol. The second-order valence-corrected chi connectivity index (χ2v) is 9.29. The van der Waals surface area contributed by atoms with E-state index in [2.05, 4.69) is 10.4 Å². The van der Waals surface area contributed by atoms with Crippen LogP contribution in [-0.4, -0.2) is 41.5 Å². The van der Waals surface area contributed by atoms with Gasteiger partial charge < -0.3 is 5.32 Å². The normalized spacial score (nSPS) is 18.4. The predicted molar refractivity (Wildman–Crippen MR) is 104 cm³/mol. The van der Waals surface area contributed by atoms with Crippen molar-refractivity contribution >= 4 is 21.7 Å². The van der Waals surface area contributed by atoms with Gasteiger partial charge in [-0.05, 0) is 57.9 Å². The minimum atomic E-state index is -3.77. The summed E-state index contributed by atoms with van der Waals surface area (Å²) < 4.78 is 41.8. The molecule has 1 saturated heterocycles. The van der Waals surface area contributed by atoms with E-state index in [0.29, 0.717) is 25.2 Å². The molecule has 1 aliphatic heterocycles. The Morgan fingerprint density at radius 2 is 1.96 bits per heavy atom. The van der Waals surface area contributed by atoms with Crippen LogP contribution in [0.3, 0.4) is 0 Å². The SMILES string of the molecule is Cc1cc(NC(=O)[C@H]2CCCN(S(=O)(=O)c3ccc(F)cc3)C2)n(C(C)C)n1. The highest BCUT2D eigenvalue weighted by atomic mass is 32.2. The number of nitrogens with zero attached hydrogens (tertiary/aromatic N) is 3. The number of anilines is 1. The number of nitrogens with one attached hydrogen (secondary N) is 1. The number of piperidine rings is 1. The van der Waals surface area contributed by atoms with Crippen molar-refractivity contribution in [1.29, 1.82) is 0 Å². The molecule has 0 saturated carbocycles. The van der Waals surface area contributed by atoms with Crippen molar-refractivity contribution in [2.75, 3.05) is 18.4 Å². The van der Waals surface area contributed by atoms with E-state index >= 15 is 0 Å². The van der Waals surface area contributed by atoms with E-state index < -0.39 is 21.8 Å². The fraction of sp³-hybridized carbons (Fsp3) is 0.474. The van der Waals surface area contributed by atoms with Crippen molar-refractivity contribution in [2.24, 2.45) is 5.92 Å². The molecule has 9 heteroatoms. The van der Waals surface area contributed by atoms with Crippen LogP contribution in [0.1, 0.15) is 38.4 Å². The summed E-state index contributed by atoms with van der Waals surface area (Å²) in [6.07, 6.45) is 1.19. The summed E-state index contributed by atoms with van der Waals surface area (Å²) in [5.74, 6) is -0.566. The van der Waals surface area contributed by atoms with Crippen molar-refractivity contribution in [1.82, 2.24) is 14.1 Å². The molecule has 1 N–H and O–H groups in total. The molecule has 1 atom stereocenters. The van der Waals surface area contributed by atoms with Crippen molar-refractivity contribution in [3.05, 3.63) is 41.8 Å². The Hall–Kier alpha value is -2.26. The van der Waals surface area contributed by atoms with Gasteiger partial charge in [-0.25, -0.2) is 17.5 Å². The van der Waals surface area contributed by atoms with Gasteiger partial charge in [0, 0.05) is 25.2 Å². The van der Waals surface area contributed by atoms with Gasteiger partial charge in [-0.1, -0.05) is 0 Å². The zero-order valence-electron chi connectivity index (χ0n) is 16.2. The summed E-state index contributed by atoms with van der Waals surface area (Å²) >= 11 is 0. The lowest BCUT2D eigenvalue weighted by atomic mass is 9.99. The lowest BCUT2D eigenvalue weighted by Gasteiger charge is -2.31. The fourth-order valence-electron chi connectivity index (χ4n) is 3.36. The number of benzene rings is 1. The number of carbonyl (C=O) groups excluding carboxylic acids is 1. The average Bonchev–Trinajstić information content (AvgIpc) is 3.02. The van der Waals surface area contributed by atoms with Crippen molar-refractivity contribution in [3.63, 3.8) is 0 Å². The molecule has 0 radical (unpaired) electrons. The second kappa shape index (κ2) is 8.00. The molecule has 1 aromatic carbocycles. The first-order valence-electron chi connectivity index (χ1n) is 9.31. The molecule has 1 amide bonds. The van der Waals surface area contributed by atoms with E-state index in [1.54, 1.807) is 10.7 Å². The molecule has 1 aromatic heterocycles. The fourth-order valence-corrected chi connectivity index (χ4v) is 4.89. The highest BCUT2D eigenvalue weighted by Gasteiger charge is 2.33. The number of hydrogen-bond donors (Lipinski definition) is 1. The number of rotatable bonds is 5. The van der Waals surface area contributed by atoms with Crippen molar-refractivity contribution in [3.8, 4) is 0 Å². The molecule has 152 valence electrons. The van der Waals surface area contributed by atoms with Gasteiger partial charge in [-0.3, -0.25) is 4.79 Å². The van der Waals surface area contributed by atoms with Crippen LogP contribution in [0.2, 0.25) is 0 Å². The highest BCUT2D eigenvalue weighted by molar-refractivity contribution is 7.89. The van der Waals surface area contributed by atoms with Gasteiger partial charge in [0.05, 0.1) is 16.5 Å². The maximum absolute atomic E-state index is 13.1. The summed E-state index contributed by atoms with van der Waals surface area (Å²) in [6, 6.07) is 6.63. The summed E-state index contributed by atoms with van der Waals surface area (Å²) in [7, 11) is -3.77. The first-order valence-corrected chi connectivity index (χ1v) is 10.7. The summed E-state index contributed by atoms with van der Waals surface area (Å²) in [6.45, 7) is 6.23. The maximum atomic E-state index is 13.1. The van der Waals surface area contributed by atoms with E-state index in [1.165, 1.54) is 16.4 Å². The maximum Gasteiger partial charge on any atom is 0.243 e. The Morgan fingerprint density at radius 3 is 2.61 bits per heavy atom. The Labute approximate surface area is 164 Å². The van der Waals surface area contributed by atoms with Crippen LogP contribution in [0.15, 0.2) is 35.2 Å². The molecule has 0 unspecified atom stereocenters. The summed E-state index contributed by atoms with van der Waals surface area (Å²) in [5, 5.41) is 7.27. The molecular formula is C19H25FN4O3S. The first kappa shape index (κ1) is 20.5. The van der Waals surface area contributed by atoms with Gasteiger partial charge in [0.2, 0.25) is 15.9 Å².